The molecular weight excluding hydrogens is 230 g/mol. The van der Waals surface area contributed by atoms with Gasteiger partial charge in [0.1, 0.15) is 0 Å². The zero-order chi connectivity index (χ0) is 13.4. The van der Waals surface area contributed by atoms with Crippen LogP contribution in [0, 0.1) is 5.92 Å². The van der Waals surface area contributed by atoms with Gasteiger partial charge in [-0.05, 0) is 32.6 Å². The van der Waals surface area contributed by atoms with E-state index in [4.69, 9.17) is 9.47 Å². The summed E-state index contributed by atoms with van der Waals surface area (Å²) in [6.07, 6.45) is 4.32. The van der Waals surface area contributed by atoms with Crippen molar-refractivity contribution in [3.05, 3.63) is 0 Å². The molecule has 2 atom stereocenters. The first-order valence-electron chi connectivity index (χ1n) is 7.25. The Hall–Kier alpha value is -0.160. The normalized spacial score (nSPS) is 28.8. The molecular formula is C14H29NO3. The Labute approximate surface area is 111 Å². The maximum Gasteiger partial charge on any atom is 0.169 e. The van der Waals surface area contributed by atoms with Gasteiger partial charge >= 0.3 is 0 Å². The minimum Gasteiger partial charge on any atom is -0.394 e. The summed E-state index contributed by atoms with van der Waals surface area (Å²) in [6.45, 7) is 8.34. The van der Waals surface area contributed by atoms with Crippen molar-refractivity contribution in [1.29, 1.82) is 0 Å². The van der Waals surface area contributed by atoms with Crippen molar-refractivity contribution in [2.24, 2.45) is 5.92 Å². The zero-order valence-corrected chi connectivity index (χ0v) is 12.1. The number of hydrogen-bond donors (Lipinski definition) is 2. The van der Waals surface area contributed by atoms with Gasteiger partial charge in [-0.3, -0.25) is 0 Å². The standard InChI is InChI=1S/C14H29NO3/c1-4-17-13(18-5-2)10-15-14(11-16)8-6-7-12(3)9-14/h12-13,15-16H,4-11H2,1-3H3. The molecule has 2 N–H and O–H groups in total. The topological polar surface area (TPSA) is 50.7 Å². The van der Waals surface area contributed by atoms with Crippen LogP contribution in [-0.2, 0) is 9.47 Å². The van der Waals surface area contributed by atoms with E-state index in [2.05, 4.69) is 12.2 Å². The van der Waals surface area contributed by atoms with Crippen molar-refractivity contribution in [3.63, 3.8) is 0 Å². The lowest BCUT2D eigenvalue weighted by molar-refractivity contribution is -0.137. The summed E-state index contributed by atoms with van der Waals surface area (Å²) in [4.78, 5) is 0. The fourth-order valence-electron chi connectivity index (χ4n) is 2.86. The molecule has 1 fully saturated rings. The fourth-order valence-corrected chi connectivity index (χ4v) is 2.86. The Kier molecular flexibility index (Phi) is 7.15. The van der Waals surface area contributed by atoms with Crippen LogP contribution >= 0.6 is 0 Å². The van der Waals surface area contributed by atoms with E-state index in [-0.39, 0.29) is 18.4 Å². The van der Waals surface area contributed by atoms with Gasteiger partial charge in [-0.15, -0.1) is 0 Å². The summed E-state index contributed by atoms with van der Waals surface area (Å²) < 4.78 is 11.0. The molecule has 0 bridgehead atoms. The van der Waals surface area contributed by atoms with E-state index in [1.165, 1.54) is 12.8 Å². The number of ether oxygens (including phenoxy) is 2. The summed E-state index contributed by atoms with van der Waals surface area (Å²) >= 11 is 0. The van der Waals surface area contributed by atoms with Gasteiger partial charge in [0, 0.05) is 25.3 Å². The molecule has 108 valence electrons. The molecule has 0 spiro atoms. The lowest BCUT2D eigenvalue weighted by Crippen LogP contribution is -2.54. The molecule has 1 aliphatic carbocycles. The highest BCUT2D eigenvalue weighted by Gasteiger charge is 2.34. The smallest absolute Gasteiger partial charge is 0.169 e. The van der Waals surface area contributed by atoms with Crippen LogP contribution < -0.4 is 5.32 Å². The third kappa shape index (κ3) is 4.84. The van der Waals surface area contributed by atoms with E-state index in [1.54, 1.807) is 0 Å². The van der Waals surface area contributed by atoms with Gasteiger partial charge in [-0.2, -0.15) is 0 Å². The molecule has 0 aromatic carbocycles. The van der Waals surface area contributed by atoms with E-state index in [1.807, 2.05) is 13.8 Å². The average Bonchev–Trinajstić information content (AvgIpc) is 2.37. The quantitative estimate of drug-likeness (QED) is 0.654. The van der Waals surface area contributed by atoms with Crippen molar-refractivity contribution in [1.82, 2.24) is 5.32 Å². The molecule has 1 saturated carbocycles. The van der Waals surface area contributed by atoms with E-state index in [9.17, 15) is 5.11 Å². The second kappa shape index (κ2) is 8.10. The first-order chi connectivity index (χ1) is 8.65. The Balaban J connectivity index is 2.45. The summed E-state index contributed by atoms with van der Waals surface area (Å²) in [6, 6.07) is 0. The van der Waals surface area contributed by atoms with Gasteiger partial charge in [0.15, 0.2) is 6.29 Å². The summed E-state index contributed by atoms with van der Waals surface area (Å²) in [5.41, 5.74) is -0.135. The lowest BCUT2D eigenvalue weighted by Gasteiger charge is -2.40. The predicted molar refractivity (Wildman–Crippen MR) is 72.5 cm³/mol. The molecule has 0 radical (unpaired) electrons. The van der Waals surface area contributed by atoms with Crippen LogP contribution in [0.3, 0.4) is 0 Å². The second-order valence-corrected chi connectivity index (χ2v) is 5.36. The predicted octanol–water partition coefficient (Wildman–Crippen LogP) is 1.92. The van der Waals surface area contributed by atoms with Crippen LogP contribution in [0.2, 0.25) is 0 Å². The number of hydrogen-bond acceptors (Lipinski definition) is 4. The molecule has 4 heteroatoms. The van der Waals surface area contributed by atoms with Crippen molar-refractivity contribution in [3.8, 4) is 0 Å². The first-order valence-corrected chi connectivity index (χ1v) is 7.25. The molecule has 1 rings (SSSR count). The van der Waals surface area contributed by atoms with Gasteiger partial charge in [0.25, 0.3) is 0 Å². The summed E-state index contributed by atoms with van der Waals surface area (Å²) in [5.74, 6) is 0.677. The molecule has 0 aromatic rings. The number of aliphatic hydroxyl groups is 1. The van der Waals surface area contributed by atoms with Gasteiger partial charge in [0.2, 0.25) is 0 Å². The molecule has 0 heterocycles. The maximum atomic E-state index is 9.69. The fraction of sp³-hybridized carbons (Fsp3) is 1.00. The van der Waals surface area contributed by atoms with Gasteiger partial charge in [0.05, 0.1) is 6.61 Å². The maximum absolute atomic E-state index is 9.69. The van der Waals surface area contributed by atoms with Crippen LogP contribution in [0.1, 0.15) is 46.5 Å². The SMILES string of the molecule is CCOC(CNC1(CO)CCCC(C)C1)OCC. The molecule has 0 saturated heterocycles. The van der Waals surface area contributed by atoms with Crippen LogP contribution in [0.4, 0.5) is 0 Å². The number of nitrogens with one attached hydrogen (secondary N) is 1. The van der Waals surface area contributed by atoms with E-state index in [0.29, 0.717) is 25.7 Å². The third-order valence-electron chi connectivity index (χ3n) is 3.74. The molecule has 2 unspecified atom stereocenters. The molecule has 1 aliphatic rings. The number of aliphatic hydroxyl groups excluding tert-OH is 1. The molecule has 4 nitrogen and oxygen atoms in total. The van der Waals surface area contributed by atoms with Gasteiger partial charge in [-0.25, -0.2) is 0 Å². The molecule has 0 amide bonds. The largest absolute Gasteiger partial charge is 0.394 e. The monoisotopic (exact) mass is 259 g/mol. The minimum absolute atomic E-state index is 0.135. The zero-order valence-electron chi connectivity index (χ0n) is 12.1. The van der Waals surface area contributed by atoms with Crippen molar-refractivity contribution >= 4 is 0 Å². The molecule has 0 aromatic heterocycles. The first kappa shape index (κ1) is 15.9. The Morgan fingerprint density at radius 1 is 1.33 bits per heavy atom. The molecule has 0 aliphatic heterocycles. The van der Waals surface area contributed by atoms with E-state index >= 15 is 0 Å². The van der Waals surface area contributed by atoms with Crippen LogP contribution in [0.15, 0.2) is 0 Å². The van der Waals surface area contributed by atoms with Gasteiger partial charge < -0.3 is 19.9 Å². The number of rotatable bonds is 8. The molecule has 18 heavy (non-hydrogen) atoms. The van der Waals surface area contributed by atoms with Crippen molar-refractivity contribution in [2.45, 2.75) is 58.3 Å². The van der Waals surface area contributed by atoms with Crippen LogP contribution in [0.5, 0.6) is 0 Å². The summed E-state index contributed by atoms with van der Waals surface area (Å²) in [7, 11) is 0. The van der Waals surface area contributed by atoms with Crippen LogP contribution in [0.25, 0.3) is 0 Å². The minimum atomic E-state index is -0.208. The third-order valence-corrected chi connectivity index (χ3v) is 3.74. The highest BCUT2D eigenvalue weighted by atomic mass is 16.7. The van der Waals surface area contributed by atoms with E-state index < -0.39 is 0 Å². The highest BCUT2D eigenvalue weighted by Crippen LogP contribution is 2.31. The van der Waals surface area contributed by atoms with Crippen molar-refractivity contribution in [2.75, 3.05) is 26.4 Å². The van der Waals surface area contributed by atoms with E-state index in [0.717, 1.165) is 12.8 Å². The average molecular weight is 259 g/mol. The van der Waals surface area contributed by atoms with Crippen molar-refractivity contribution < 1.29 is 14.6 Å². The Morgan fingerprint density at radius 3 is 2.50 bits per heavy atom. The van der Waals surface area contributed by atoms with Gasteiger partial charge in [-0.1, -0.05) is 19.8 Å². The Bertz CT molecular complexity index is 219. The summed E-state index contributed by atoms with van der Waals surface area (Å²) in [5, 5.41) is 13.2. The Morgan fingerprint density at radius 2 is 2.00 bits per heavy atom. The lowest BCUT2D eigenvalue weighted by atomic mass is 9.77. The van der Waals surface area contributed by atoms with Crippen LogP contribution in [-0.4, -0.2) is 43.3 Å². The second-order valence-electron chi connectivity index (χ2n) is 5.36. The highest BCUT2D eigenvalue weighted by molar-refractivity contribution is 4.92.